The van der Waals surface area contributed by atoms with Crippen molar-refractivity contribution >= 4 is 16.0 Å². The summed E-state index contributed by atoms with van der Waals surface area (Å²) in [5, 5.41) is 18.1. The van der Waals surface area contributed by atoms with Crippen molar-refractivity contribution in [3.05, 3.63) is 29.6 Å². The first-order valence-corrected chi connectivity index (χ1v) is 7.58. The molecule has 112 valence electrons. The first-order valence-electron chi connectivity index (χ1n) is 6.14. The van der Waals surface area contributed by atoms with Crippen LogP contribution in [0.4, 0.5) is 4.39 Å². The van der Waals surface area contributed by atoms with E-state index in [2.05, 4.69) is 0 Å². The third-order valence-electron chi connectivity index (χ3n) is 3.63. The van der Waals surface area contributed by atoms with Gasteiger partial charge in [-0.3, -0.25) is 4.79 Å². The number of carboxylic acid groups (broad SMARTS) is 1. The highest BCUT2D eigenvalue weighted by molar-refractivity contribution is 7.89. The smallest absolute Gasteiger partial charge is 0.310 e. The van der Waals surface area contributed by atoms with E-state index >= 15 is 0 Å². The van der Waals surface area contributed by atoms with Crippen molar-refractivity contribution in [1.82, 2.24) is 4.31 Å². The van der Waals surface area contributed by atoms with Gasteiger partial charge in [0.1, 0.15) is 16.8 Å². The molecule has 8 heteroatoms. The molecule has 1 atom stereocenters. The molecule has 1 N–H and O–H groups in total. The molecule has 1 aliphatic heterocycles. The van der Waals surface area contributed by atoms with Gasteiger partial charge in [0.05, 0.1) is 11.0 Å². The summed E-state index contributed by atoms with van der Waals surface area (Å²) in [5.74, 6) is -1.78. The number of hydrogen-bond acceptors (Lipinski definition) is 4. The molecular formula is C13H13FN2O4S. The lowest BCUT2D eigenvalue weighted by Gasteiger charge is -2.20. The van der Waals surface area contributed by atoms with Crippen molar-refractivity contribution in [1.29, 1.82) is 5.26 Å². The van der Waals surface area contributed by atoms with Gasteiger partial charge in [-0.25, -0.2) is 12.8 Å². The Kier molecular flexibility index (Phi) is 3.74. The van der Waals surface area contributed by atoms with Gasteiger partial charge < -0.3 is 5.11 Å². The van der Waals surface area contributed by atoms with Crippen LogP contribution in [0.25, 0.3) is 0 Å². The minimum atomic E-state index is -4.02. The summed E-state index contributed by atoms with van der Waals surface area (Å²) in [6, 6.07) is 4.48. The van der Waals surface area contributed by atoms with Crippen molar-refractivity contribution < 1.29 is 22.7 Å². The average molecular weight is 312 g/mol. The number of aliphatic carboxylic acids is 1. The number of benzene rings is 1. The van der Waals surface area contributed by atoms with Gasteiger partial charge in [0.15, 0.2) is 0 Å². The van der Waals surface area contributed by atoms with Gasteiger partial charge in [0.2, 0.25) is 10.0 Å². The molecule has 1 fully saturated rings. The molecule has 1 aromatic carbocycles. The second-order valence-electron chi connectivity index (χ2n) is 5.21. The largest absolute Gasteiger partial charge is 0.481 e. The van der Waals surface area contributed by atoms with E-state index in [1.54, 1.807) is 6.07 Å². The third kappa shape index (κ3) is 2.62. The van der Waals surface area contributed by atoms with Crippen LogP contribution in [0.1, 0.15) is 18.9 Å². The predicted octanol–water partition coefficient (Wildman–Crippen LogP) is 1.18. The summed E-state index contributed by atoms with van der Waals surface area (Å²) >= 11 is 0. The second-order valence-corrected chi connectivity index (χ2v) is 7.11. The standard InChI is InChI=1S/C13H13FN2O4S/c1-13(12(17)18)4-5-16(8-13)21(19,20)11-3-2-10(14)6-9(11)7-15/h2-3,6H,4-5,8H2,1H3,(H,17,18)/t13-/m0/s1. The minimum Gasteiger partial charge on any atom is -0.481 e. The van der Waals surface area contributed by atoms with Crippen LogP contribution in [0.5, 0.6) is 0 Å². The van der Waals surface area contributed by atoms with E-state index < -0.39 is 27.2 Å². The highest BCUT2D eigenvalue weighted by Crippen LogP contribution is 2.34. The maximum atomic E-state index is 13.1. The lowest BCUT2D eigenvalue weighted by Crippen LogP contribution is -2.35. The van der Waals surface area contributed by atoms with E-state index in [0.717, 1.165) is 22.5 Å². The van der Waals surface area contributed by atoms with E-state index in [0.29, 0.717) is 0 Å². The zero-order valence-corrected chi connectivity index (χ0v) is 12.0. The van der Waals surface area contributed by atoms with E-state index in [1.165, 1.54) is 6.92 Å². The molecule has 1 saturated heterocycles. The van der Waals surface area contributed by atoms with Gasteiger partial charge >= 0.3 is 5.97 Å². The number of carboxylic acids is 1. The molecule has 0 unspecified atom stereocenters. The molecule has 0 bridgehead atoms. The number of sulfonamides is 1. The fraction of sp³-hybridized carbons (Fsp3) is 0.385. The topological polar surface area (TPSA) is 98.5 Å². The Labute approximate surface area is 121 Å². The van der Waals surface area contributed by atoms with Gasteiger partial charge in [-0.1, -0.05) is 0 Å². The average Bonchev–Trinajstić information content (AvgIpc) is 2.83. The van der Waals surface area contributed by atoms with E-state index in [4.69, 9.17) is 10.4 Å². The van der Waals surface area contributed by atoms with Crippen LogP contribution in [0.3, 0.4) is 0 Å². The van der Waals surface area contributed by atoms with Crippen LogP contribution >= 0.6 is 0 Å². The normalized spacial score (nSPS) is 22.9. The molecule has 0 radical (unpaired) electrons. The third-order valence-corrected chi connectivity index (χ3v) is 5.54. The molecule has 1 aromatic rings. The van der Waals surface area contributed by atoms with Gasteiger partial charge in [0.25, 0.3) is 0 Å². The van der Waals surface area contributed by atoms with Crippen LogP contribution in [-0.2, 0) is 14.8 Å². The summed E-state index contributed by atoms with van der Waals surface area (Å²) in [4.78, 5) is 10.9. The molecule has 0 saturated carbocycles. The van der Waals surface area contributed by atoms with Crippen molar-refractivity contribution in [2.45, 2.75) is 18.2 Å². The van der Waals surface area contributed by atoms with E-state index in [9.17, 15) is 17.6 Å². The van der Waals surface area contributed by atoms with Crippen molar-refractivity contribution in [3.8, 4) is 6.07 Å². The fourth-order valence-corrected chi connectivity index (χ4v) is 3.94. The molecule has 2 rings (SSSR count). The number of halogens is 1. The lowest BCUT2D eigenvalue weighted by molar-refractivity contribution is -0.146. The van der Waals surface area contributed by atoms with Crippen molar-refractivity contribution in [3.63, 3.8) is 0 Å². The molecule has 1 aliphatic rings. The molecule has 0 amide bonds. The van der Waals surface area contributed by atoms with Gasteiger partial charge in [-0.2, -0.15) is 9.57 Å². The Balaban J connectivity index is 2.42. The highest BCUT2D eigenvalue weighted by atomic mass is 32.2. The molecule has 21 heavy (non-hydrogen) atoms. The monoisotopic (exact) mass is 312 g/mol. The zero-order chi connectivity index (χ0) is 15.8. The van der Waals surface area contributed by atoms with Crippen molar-refractivity contribution in [2.75, 3.05) is 13.1 Å². The first-order chi connectivity index (χ1) is 9.70. The summed E-state index contributed by atoms with van der Waals surface area (Å²) < 4.78 is 39.1. The molecule has 6 nitrogen and oxygen atoms in total. The summed E-state index contributed by atoms with van der Waals surface area (Å²) in [6.45, 7) is 1.35. The second kappa shape index (κ2) is 5.09. The highest BCUT2D eigenvalue weighted by Gasteiger charge is 2.45. The number of hydrogen-bond donors (Lipinski definition) is 1. The lowest BCUT2D eigenvalue weighted by atomic mass is 9.90. The molecule has 0 spiro atoms. The Bertz CT molecular complexity index is 741. The predicted molar refractivity (Wildman–Crippen MR) is 70.2 cm³/mol. The summed E-state index contributed by atoms with van der Waals surface area (Å²) in [7, 11) is -4.02. The molecule has 1 heterocycles. The SMILES string of the molecule is C[C@]1(C(=O)O)CCN(S(=O)(=O)c2ccc(F)cc2C#N)C1. The number of nitrogens with zero attached hydrogens (tertiary/aromatic N) is 2. The number of nitriles is 1. The molecule has 0 aromatic heterocycles. The van der Waals surface area contributed by atoms with E-state index in [1.807, 2.05) is 0 Å². The van der Waals surface area contributed by atoms with Crippen LogP contribution < -0.4 is 0 Å². The Morgan fingerprint density at radius 1 is 1.52 bits per heavy atom. The van der Waals surface area contributed by atoms with Gasteiger partial charge in [0, 0.05) is 13.1 Å². The molecule has 0 aliphatic carbocycles. The van der Waals surface area contributed by atoms with Crippen LogP contribution in [-0.4, -0.2) is 36.9 Å². The maximum Gasteiger partial charge on any atom is 0.310 e. The quantitative estimate of drug-likeness (QED) is 0.903. The summed E-state index contributed by atoms with van der Waals surface area (Å²) in [5.41, 5.74) is -1.45. The number of rotatable bonds is 3. The zero-order valence-electron chi connectivity index (χ0n) is 11.2. The first kappa shape index (κ1) is 15.4. The Morgan fingerprint density at radius 2 is 2.19 bits per heavy atom. The van der Waals surface area contributed by atoms with Crippen LogP contribution in [0.2, 0.25) is 0 Å². The molecular weight excluding hydrogens is 299 g/mol. The maximum absolute atomic E-state index is 13.1. The van der Waals surface area contributed by atoms with Crippen LogP contribution in [0.15, 0.2) is 23.1 Å². The minimum absolute atomic E-state index is 0.0490. The van der Waals surface area contributed by atoms with Gasteiger partial charge in [-0.05, 0) is 31.5 Å². The Hall–Kier alpha value is -1.98. The van der Waals surface area contributed by atoms with Crippen LogP contribution in [0, 0.1) is 22.6 Å². The van der Waals surface area contributed by atoms with E-state index in [-0.39, 0.29) is 30.0 Å². The van der Waals surface area contributed by atoms with Crippen molar-refractivity contribution in [2.24, 2.45) is 5.41 Å². The van der Waals surface area contributed by atoms with Gasteiger partial charge in [-0.15, -0.1) is 0 Å². The fourth-order valence-electron chi connectivity index (χ4n) is 2.25. The Morgan fingerprint density at radius 3 is 2.71 bits per heavy atom. The summed E-state index contributed by atoms with van der Waals surface area (Å²) in [6.07, 6.45) is 0.185. The number of carbonyl (C=O) groups is 1.